The molecular formula is C5H15IN2O. The highest BCUT2D eigenvalue weighted by Crippen LogP contribution is 1.86. The quantitative estimate of drug-likeness (QED) is 0.320. The molecule has 0 unspecified atom stereocenters. The normalized spacial score (nSPS) is 10.7. The van der Waals surface area contributed by atoms with E-state index in [1.807, 2.05) is 0 Å². The molecular weight excluding hydrogens is 231 g/mol. The maximum Gasteiger partial charge on any atom is 0.117 e. The van der Waals surface area contributed by atoms with Gasteiger partial charge in [-0.1, -0.05) is 0 Å². The first-order valence-corrected chi connectivity index (χ1v) is 2.68. The van der Waals surface area contributed by atoms with E-state index in [0.29, 0.717) is 6.61 Å². The molecule has 0 saturated heterocycles. The topological polar surface area (TPSA) is 35.2 Å². The van der Waals surface area contributed by atoms with E-state index < -0.39 is 0 Å². The van der Waals surface area contributed by atoms with Gasteiger partial charge in [0.05, 0.1) is 21.1 Å². The van der Waals surface area contributed by atoms with Crippen molar-refractivity contribution in [3.05, 3.63) is 0 Å². The van der Waals surface area contributed by atoms with Gasteiger partial charge in [-0.3, -0.25) is 4.84 Å². The summed E-state index contributed by atoms with van der Waals surface area (Å²) in [4.78, 5) is 4.40. The maximum atomic E-state index is 4.83. The molecule has 0 aliphatic heterocycles. The first kappa shape index (κ1) is 12.3. The summed E-state index contributed by atoms with van der Waals surface area (Å²) in [5.41, 5.74) is 0. The Bertz CT molecular complexity index is 62.5. The summed E-state index contributed by atoms with van der Waals surface area (Å²) in [7, 11) is 6.29. The van der Waals surface area contributed by atoms with Crippen LogP contribution in [0.4, 0.5) is 0 Å². The molecule has 0 bridgehead atoms. The third-order valence-corrected chi connectivity index (χ3v) is 0.880. The van der Waals surface area contributed by atoms with Gasteiger partial charge in [0, 0.05) is 0 Å². The van der Waals surface area contributed by atoms with Crippen LogP contribution in [0.2, 0.25) is 0 Å². The Hall–Kier alpha value is 0.610. The molecule has 2 N–H and O–H groups in total. The first-order valence-electron chi connectivity index (χ1n) is 2.68. The van der Waals surface area contributed by atoms with Crippen molar-refractivity contribution in [3.8, 4) is 0 Å². The summed E-state index contributed by atoms with van der Waals surface area (Å²) in [6.07, 6.45) is 0. The van der Waals surface area contributed by atoms with Crippen LogP contribution in [-0.2, 0) is 4.84 Å². The minimum atomic E-state index is 0. The van der Waals surface area contributed by atoms with Gasteiger partial charge in [0.15, 0.2) is 0 Å². The van der Waals surface area contributed by atoms with Gasteiger partial charge in [0.25, 0.3) is 0 Å². The van der Waals surface area contributed by atoms with Gasteiger partial charge >= 0.3 is 0 Å². The van der Waals surface area contributed by atoms with Crippen LogP contribution in [0.3, 0.4) is 0 Å². The lowest BCUT2D eigenvalue weighted by Crippen LogP contribution is -3.00. The summed E-state index contributed by atoms with van der Waals surface area (Å²) < 4.78 is 0.900. The van der Waals surface area contributed by atoms with Crippen molar-refractivity contribution in [1.29, 1.82) is 0 Å². The van der Waals surface area contributed by atoms with Crippen LogP contribution in [0.15, 0.2) is 0 Å². The first-order chi connectivity index (χ1) is 3.56. The van der Waals surface area contributed by atoms with Gasteiger partial charge in [0.1, 0.15) is 13.2 Å². The Morgan fingerprint density at radius 1 is 1.33 bits per heavy atom. The number of hydrogen-bond donors (Lipinski definition) is 1. The molecule has 58 valence electrons. The zero-order chi connectivity index (χ0) is 6.62. The average Bonchev–Trinajstić information content (AvgIpc) is 1.59. The molecule has 0 aromatic heterocycles. The standard InChI is InChI=1S/C5H15N2O.HI/c1-7(2,3)4-5-8-6;/h4-6H2,1-3H3;1H/q+1;/p-1. The molecule has 0 heterocycles. The van der Waals surface area contributed by atoms with Crippen molar-refractivity contribution in [1.82, 2.24) is 0 Å². The number of rotatable bonds is 3. The molecule has 0 fully saturated rings. The highest BCUT2D eigenvalue weighted by Gasteiger charge is 2.03. The molecule has 0 atom stereocenters. The van der Waals surface area contributed by atoms with E-state index in [-0.39, 0.29) is 24.0 Å². The maximum absolute atomic E-state index is 4.83. The molecule has 0 rings (SSSR count). The van der Waals surface area contributed by atoms with Crippen molar-refractivity contribution in [3.63, 3.8) is 0 Å². The number of quaternary nitrogens is 1. The van der Waals surface area contributed by atoms with Crippen molar-refractivity contribution in [2.75, 3.05) is 34.3 Å². The van der Waals surface area contributed by atoms with Gasteiger partial charge in [0.2, 0.25) is 0 Å². The van der Waals surface area contributed by atoms with Gasteiger partial charge < -0.3 is 28.5 Å². The lowest BCUT2D eigenvalue weighted by atomic mass is 10.5. The number of nitrogens with two attached hydrogens (primary N) is 1. The highest BCUT2D eigenvalue weighted by atomic mass is 127. The second-order valence-corrected chi connectivity index (χ2v) is 2.88. The zero-order valence-electron chi connectivity index (χ0n) is 6.22. The smallest absolute Gasteiger partial charge is 0.117 e. The summed E-state index contributed by atoms with van der Waals surface area (Å²) in [5, 5.41) is 0. The minimum absolute atomic E-state index is 0. The van der Waals surface area contributed by atoms with Crippen LogP contribution in [0.25, 0.3) is 0 Å². The Morgan fingerprint density at radius 3 is 1.89 bits per heavy atom. The molecule has 4 heteroatoms. The van der Waals surface area contributed by atoms with Crippen LogP contribution in [-0.4, -0.2) is 38.8 Å². The highest BCUT2D eigenvalue weighted by molar-refractivity contribution is 4.21. The summed E-state index contributed by atoms with van der Waals surface area (Å²) in [5.74, 6) is 4.83. The molecule has 0 aromatic carbocycles. The minimum Gasteiger partial charge on any atom is -1.00 e. The lowest BCUT2D eigenvalue weighted by Gasteiger charge is -2.22. The van der Waals surface area contributed by atoms with E-state index in [4.69, 9.17) is 5.90 Å². The monoisotopic (exact) mass is 246 g/mol. The van der Waals surface area contributed by atoms with Gasteiger partial charge in [-0.05, 0) is 0 Å². The number of hydrogen-bond acceptors (Lipinski definition) is 2. The predicted molar refractivity (Wildman–Crippen MR) is 33.0 cm³/mol. The van der Waals surface area contributed by atoms with E-state index in [0.717, 1.165) is 11.0 Å². The van der Waals surface area contributed by atoms with Crippen molar-refractivity contribution < 1.29 is 33.3 Å². The van der Waals surface area contributed by atoms with Crippen molar-refractivity contribution >= 4 is 0 Å². The molecule has 9 heavy (non-hydrogen) atoms. The summed E-state index contributed by atoms with van der Waals surface area (Å²) in [6, 6.07) is 0. The molecule has 0 spiro atoms. The molecule has 0 amide bonds. The molecule has 0 aliphatic rings. The molecule has 0 radical (unpaired) electrons. The zero-order valence-corrected chi connectivity index (χ0v) is 8.38. The second kappa shape index (κ2) is 5.40. The van der Waals surface area contributed by atoms with E-state index in [2.05, 4.69) is 26.0 Å². The number of likely N-dealkylation sites (N-methyl/N-ethyl adjacent to an activating group) is 1. The van der Waals surface area contributed by atoms with Gasteiger partial charge in [-0.15, -0.1) is 0 Å². The van der Waals surface area contributed by atoms with E-state index in [1.165, 1.54) is 0 Å². The lowest BCUT2D eigenvalue weighted by molar-refractivity contribution is -0.870. The van der Waals surface area contributed by atoms with E-state index in [1.54, 1.807) is 0 Å². The fourth-order valence-corrected chi connectivity index (χ4v) is 0.327. The van der Waals surface area contributed by atoms with E-state index >= 15 is 0 Å². The van der Waals surface area contributed by atoms with Crippen LogP contribution >= 0.6 is 0 Å². The second-order valence-electron chi connectivity index (χ2n) is 2.88. The fraction of sp³-hybridized carbons (Fsp3) is 1.00. The fourth-order valence-electron chi connectivity index (χ4n) is 0.327. The van der Waals surface area contributed by atoms with Crippen molar-refractivity contribution in [2.24, 2.45) is 5.90 Å². The van der Waals surface area contributed by atoms with Crippen LogP contribution in [0, 0.1) is 0 Å². The third kappa shape index (κ3) is 12.0. The van der Waals surface area contributed by atoms with Crippen LogP contribution in [0.5, 0.6) is 0 Å². The van der Waals surface area contributed by atoms with Crippen LogP contribution < -0.4 is 29.9 Å². The predicted octanol–water partition coefficient (Wildman–Crippen LogP) is -3.41. The molecule has 0 aromatic rings. The number of halogens is 1. The summed E-state index contributed by atoms with van der Waals surface area (Å²) >= 11 is 0. The Labute approximate surface area is 73.7 Å². The third-order valence-electron chi connectivity index (χ3n) is 0.880. The SMILES string of the molecule is C[N+](C)(C)CCON.[I-]. The molecule has 0 aliphatic carbocycles. The Balaban J connectivity index is 0. The van der Waals surface area contributed by atoms with Gasteiger partial charge in [-0.25, -0.2) is 5.90 Å². The van der Waals surface area contributed by atoms with Crippen LogP contribution in [0.1, 0.15) is 0 Å². The van der Waals surface area contributed by atoms with Gasteiger partial charge in [-0.2, -0.15) is 0 Å². The number of nitrogens with zero attached hydrogens (tertiary/aromatic N) is 1. The summed E-state index contributed by atoms with van der Waals surface area (Å²) in [6.45, 7) is 1.58. The average molecular weight is 246 g/mol. The van der Waals surface area contributed by atoms with Crippen molar-refractivity contribution in [2.45, 2.75) is 0 Å². The Kier molecular flexibility index (Phi) is 7.38. The largest absolute Gasteiger partial charge is 1.00 e. The molecule has 3 nitrogen and oxygen atoms in total. The Morgan fingerprint density at radius 2 is 1.78 bits per heavy atom. The van der Waals surface area contributed by atoms with E-state index in [9.17, 15) is 0 Å². The molecule has 0 saturated carbocycles.